The molecule has 14 rings (SSSR count). The Hall–Kier alpha value is -6.84. The molecule has 0 amide bonds. The van der Waals surface area contributed by atoms with Gasteiger partial charge in [-0.15, -0.1) is 41.8 Å². The first-order chi connectivity index (χ1) is 34.5. The Morgan fingerprint density at radius 3 is 1.43 bits per heavy atom. The van der Waals surface area contributed by atoms with E-state index < -0.39 is 15.6 Å². The van der Waals surface area contributed by atoms with E-state index in [1.165, 1.54) is 60.5 Å². The molecular weight excluding hydrogens is 1340 g/mol. The SMILES string of the molecule is CC1(C)Cc2cccc3c4ccc[c-]c4c4ncc1n4c23.CC1(C)Cc2cccc3c4ccccc4c4ncc1n4c23.O=S(=O)([O-])C(F)(F)F.[CH3-].[CH3-].[Ir+3].[Ir].[c-]1ccccc1-n1cccn1.[c-]1ccccc1-n1cccn1. The first-order valence-electron chi connectivity index (χ1n) is 23.0. The summed E-state index contributed by atoms with van der Waals surface area (Å²) in [5.41, 5.74) is 6.81. The topological polar surface area (TPSA) is 127 Å². The van der Waals surface area contributed by atoms with Gasteiger partial charge in [0.25, 0.3) is 0 Å². The summed E-state index contributed by atoms with van der Waals surface area (Å²) in [4.78, 5) is 9.49. The predicted molar refractivity (Wildman–Crippen MR) is 286 cm³/mol. The monoisotopic (exact) mass is 1390 g/mol. The number of benzene rings is 6. The molecule has 17 heteroatoms. The molecule has 2 aliphatic heterocycles. The van der Waals surface area contributed by atoms with Gasteiger partial charge in [0.05, 0.1) is 11.2 Å². The molecule has 0 saturated heterocycles. The number of fused-ring (bicyclic) bond motifs is 6. The van der Waals surface area contributed by atoms with E-state index in [4.69, 9.17) is 22.9 Å². The van der Waals surface area contributed by atoms with Crippen LogP contribution in [-0.4, -0.2) is 56.8 Å². The Balaban J connectivity index is 0.000000160. The molecule has 0 aliphatic carbocycles. The van der Waals surface area contributed by atoms with Crippen molar-refractivity contribution in [3.8, 4) is 11.4 Å². The second kappa shape index (κ2) is 23.2. The Kier molecular flexibility index (Phi) is 17.8. The molecule has 6 aromatic heterocycles. The summed E-state index contributed by atoms with van der Waals surface area (Å²) in [6, 6.07) is 57.0. The van der Waals surface area contributed by atoms with Gasteiger partial charge < -0.3 is 23.8 Å². The number of halogens is 3. The summed E-state index contributed by atoms with van der Waals surface area (Å²) < 4.78 is 67.2. The van der Waals surface area contributed by atoms with Crippen molar-refractivity contribution in [3.05, 3.63) is 232 Å². The molecule has 0 spiro atoms. The Bertz CT molecular complexity index is 3770. The molecule has 8 heterocycles. The van der Waals surface area contributed by atoms with Gasteiger partial charge >= 0.3 is 25.6 Å². The number of hydrogen-bond acceptors (Lipinski definition) is 7. The molecule has 1 radical (unpaired) electrons. The van der Waals surface area contributed by atoms with Crippen LogP contribution >= 0.6 is 0 Å². The van der Waals surface area contributed by atoms with E-state index in [-0.39, 0.29) is 65.9 Å². The zero-order chi connectivity index (χ0) is 50.4. The average Bonchev–Trinajstić information content (AvgIpc) is 4.23. The molecule has 0 saturated carbocycles. The predicted octanol–water partition coefficient (Wildman–Crippen LogP) is 13.0. The molecule has 0 N–H and O–H groups in total. The number of imidazole rings is 2. The standard InChI is InChI=1S/C19H16N2.C19H15N2.2C9H7N2.CHF3O3S.2CH3.2Ir/c2*1-19(2)10-12-6-5-9-14-13-7-3-4-8-15(13)18-20-11-16(19)21(18)17(12)14;2*1-2-5-9(6-3-1)11-8-4-7-10-11;2-1(3,4)8(5,6)7;;;;/h3-9,11H,10H2,1-2H3;3-7,9,11H,10H2,1-2H3;2*1-5,7-8H;(H,5,6,7);2*1H3;;/q;3*-1;;2*-1;;+3/p-1. The van der Waals surface area contributed by atoms with E-state index in [1.807, 2.05) is 85.3 Å². The third kappa shape index (κ3) is 11.2. The van der Waals surface area contributed by atoms with E-state index in [0.29, 0.717) is 0 Å². The largest absolute Gasteiger partial charge is 3.00 e. The minimum atomic E-state index is -6.09. The van der Waals surface area contributed by atoms with Gasteiger partial charge in [-0.25, -0.2) is 13.4 Å². The fourth-order valence-electron chi connectivity index (χ4n) is 9.68. The van der Waals surface area contributed by atoms with Crippen LogP contribution in [0.15, 0.2) is 177 Å². The van der Waals surface area contributed by atoms with E-state index >= 15 is 0 Å². The average molecular weight is 1390 g/mol. The van der Waals surface area contributed by atoms with Gasteiger partial charge in [0.1, 0.15) is 5.65 Å². The quantitative estimate of drug-likeness (QED) is 0.0730. The van der Waals surface area contributed by atoms with Crippen molar-refractivity contribution in [3.63, 3.8) is 0 Å². The fraction of sp³-hybridized carbons (Fsp3) is 0.153. The molecule has 2 aliphatic rings. The van der Waals surface area contributed by atoms with Crippen molar-refractivity contribution in [2.75, 3.05) is 0 Å². The van der Waals surface area contributed by atoms with Gasteiger partial charge in [0.15, 0.2) is 10.1 Å². The molecule has 11 nitrogen and oxygen atoms in total. The second-order valence-electron chi connectivity index (χ2n) is 18.7. The third-order valence-electron chi connectivity index (χ3n) is 12.9. The Morgan fingerprint density at radius 2 is 0.974 bits per heavy atom. The van der Waals surface area contributed by atoms with E-state index in [0.717, 1.165) is 40.9 Å². The van der Waals surface area contributed by atoms with Crippen molar-refractivity contribution < 1.29 is 66.4 Å². The van der Waals surface area contributed by atoms with Gasteiger partial charge in [-0.3, -0.25) is 18.7 Å². The molecule has 393 valence electrons. The maximum absolute atomic E-state index is 10.7. The number of aromatic nitrogens is 8. The maximum atomic E-state index is 10.7. The van der Waals surface area contributed by atoms with Crippen molar-refractivity contribution >= 4 is 64.8 Å². The summed E-state index contributed by atoms with van der Waals surface area (Å²) in [5, 5.41) is 15.7. The Labute approximate surface area is 466 Å². The third-order valence-corrected chi connectivity index (χ3v) is 13.4. The number of pyridine rings is 2. The molecule has 0 bridgehead atoms. The van der Waals surface area contributed by atoms with E-state index in [9.17, 15) is 13.2 Å². The summed E-state index contributed by atoms with van der Waals surface area (Å²) in [5.74, 6) is 0. The van der Waals surface area contributed by atoms with Crippen molar-refractivity contribution in [2.24, 2.45) is 0 Å². The molecule has 6 aromatic carbocycles. The van der Waals surface area contributed by atoms with Crippen LogP contribution in [0.5, 0.6) is 0 Å². The number of nitrogens with zero attached hydrogens (tertiary/aromatic N) is 8. The van der Waals surface area contributed by atoms with Crippen LogP contribution in [-0.2, 0) is 74.0 Å². The maximum Gasteiger partial charge on any atom is 3.00 e. The van der Waals surface area contributed by atoms with Crippen LogP contribution in [0.25, 0.3) is 66.0 Å². The van der Waals surface area contributed by atoms with Crippen LogP contribution in [0, 0.1) is 33.1 Å². The van der Waals surface area contributed by atoms with Gasteiger partial charge in [-0.05, 0) is 58.2 Å². The van der Waals surface area contributed by atoms with Crippen LogP contribution in [0.4, 0.5) is 13.2 Å². The van der Waals surface area contributed by atoms with E-state index in [1.54, 1.807) is 21.8 Å². The molecule has 76 heavy (non-hydrogen) atoms. The normalized spacial score (nSPS) is 13.3. The smallest absolute Gasteiger partial charge is 0.741 e. The minimum Gasteiger partial charge on any atom is -0.741 e. The summed E-state index contributed by atoms with van der Waals surface area (Å²) in [6.07, 6.45) is 13.5. The van der Waals surface area contributed by atoms with Crippen LogP contribution in [0.1, 0.15) is 50.2 Å². The van der Waals surface area contributed by atoms with E-state index in [2.05, 4.69) is 144 Å². The van der Waals surface area contributed by atoms with Gasteiger partial charge in [0, 0.05) is 95.8 Å². The number of hydrogen-bond donors (Lipinski definition) is 0. The van der Waals surface area contributed by atoms with Crippen LogP contribution in [0.3, 0.4) is 0 Å². The summed E-state index contributed by atoms with van der Waals surface area (Å²) in [6.45, 7) is 9.23. The molecule has 12 aromatic rings. The van der Waals surface area contributed by atoms with Crippen LogP contribution < -0.4 is 0 Å². The van der Waals surface area contributed by atoms with Gasteiger partial charge in [-0.1, -0.05) is 93.7 Å². The fourth-order valence-corrected chi connectivity index (χ4v) is 9.68. The molecule has 0 unspecified atom stereocenters. The molecular formula is C59H51F3Ir2N8O3S-3. The van der Waals surface area contributed by atoms with Crippen molar-refractivity contribution in [1.82, 2.24) is 38.3 Å². The zero-order valence-corrected chi connectivity index (χ0v) is 47.8. The zero-order valence-electron chi connectivity index (χ0n) is 42.2. The number of para-hydroxylation sites is 4. The summed E-state index contributed by atoms with van der Waals surface area (Å²) >= 11 is 0. The van der Waals surface area contributed by atoms with Crippen molar-refractivity contribution in [1.29, 1.82) is 0 Å². The van der Waals surface area contributed by atoms with Crippen molar-refractivity contribution in [2.45, 2.75) is 56.9 Å². The summed E-state index contributed by atoms with van der Waals surface area (Å²) in [7, 11) is -6.09. The van der Waals surface area contributed by atoms with Gasteiger partial charge in [0.2, 0.25) is 0 Å². The van der Waals surface area contributed by atoms with Gasteiger partial charge in [-0.2, -0.15) is 71.9 Å². The number of alkyl halides is 3. The Morgan fingerprint density at radius 1 is 0.553 bits per heavy atom. The van der Waals surface area contributed by atoms with Crippen LogP contribution in [0.2, 0.25) is 0 Å². The first kappa shape index (κ1) is 58.4. The molecule has 0 atom stereocenters. The second-order valence-corrected chi connectivity index (χ2v) is 20.0. The first-order valence-corrected chi connectivity index (χ1v) is 24.4. The minimum absolute atomic E-state index is 0. The molecule has 0 fully saturated rings. The number of rotatable bonds is 2.